The third-order valence-electron chi connectivity index (χ3n) is 4.96. The van der Waals surface area contributed by atoms with Gasteiger partial charge in [0.15, 0.2) is 0 Å². The van der Waals surface area contributed by atoms with Crippen molar-refractivity contribution in [2.24, 2.45) is 0 Å². The Morgan fingerprint density at radius 1 is 1.41 bits per heavy atom. The van der Waals surface area contributed by atoms with Crippen molar-refractivity contribution >= 4 is 11.4 Å². The quantitative estimate of drug-likeness (QED) is 0.888. The van der Waals surface area contributed by atoms with Crippen LogP contribution in [0.15, 0.2) is 43.0 Å². The molecule has 1 heterocycles. The smallest absolute Gasteiger partial charge is 0.388 e. The Morgan fingerprint density at radius 2 is 2.15 bits per heavy atom. The molecule has 1 aromatic heterocycles. The molecule has 27 heavy (non-hydrogen) atoms. The monoisotopic (exact) mass is 376 g/mol. The normalized spacial score (nSPS) is 22.9. The summed E-state index contributed by atoms with van der Waals surface area (Å²) in [6, 6.07) is 4.61. The summed E-state index contributed by atoms with van der Waals surface area (Å²) in [5, 5.41) is 19.8. The summed E-state index contributed by atoms with van der Waals surface area (Å²) in [4.78, 5) is 5.61. The third kappa shape index (κ3) is 3.69. The number of alkyl halides is 3. The molecular weight excluding hydrogens is 357 g/mol. The number of halogens is 3. The van der Waals surface area contributed by atoms with Crippen LogP contribution in [-0.4, -0.2) is 33.3 Å². The van der Waals surface area contributed by atoms with Crippen LogP contribution in [0.25, 0.3) is 5.70 Å². The zero-order valence-corrected chi connectivity index (χ0v) is 14.9. The zero-order chi connectivity index (χ0) is 19.8. The topological polar surface area (TPSA) is 65.1 Å². The molecule has 1 aliphatic carbocycles. The van der Waals surface area contributed by atoms with Gasteiger partial charge in [0.1, 0.15) is 0 Å². The number of allylic oxidation sites excluding steroid dienone is 1. The predicted molar refractivity (Wildman–Crippen MR) is 94.7 cm³/mol. The molecule has 0 aliphatic heterocycles. The molecular formula is C19H19F3N4O. The van der Waals surface area contributed by atoms with Gasteiger partial charge in [-0.2, -0.15) is 18.4 Å². The van der Waals surface area contributed by atoms with Crippen LogP contribution in [0.4, 0.5) is 18.9 Å². The first-order valence-electron chi connectivity index (χ1n) is 8.39. The van der Waals surface area contributed by atoms with E-state index in [1.165, 1.54) is 6.07 Å². The van der Waals surface area contributed by atoms with Crippen molar-refractivity contribution < 1.29 is 18.3 Å². The van der Waals surface area contributed by atoms with Crippen LogP contribution in [0, 0.1) is 11.3 Å². The fourth-order valence-corrected chi connectivity index (χ4v) is 3.39. The lowest BCUT2D eigenvalue weighted by Gasteiger charge is -2.42. The summed E-state index contributed by atoms with van der Waals surface area (Å²) in [6.07, 6.45) is 3.36. The van der Waals surface area contributed by atoms with E-state index in [9.17, 15) is 18.3 Å². The van der Waals surface area contributed by atoms with Gasteiger partial charge in [0.25, 0.3) is 0 Å². The Morgan fingerprint density at radius 3 is 2.74 bits per heavy atom. The fraction of sp³-hybridized carbons (Fsp3) is 0.368. The average molecular weight is 376 g/mol. The molecule has 0 spiro atoms. The van der Waals surface area contributed by atoms with E-state index in [1.807, 2.05) is 10.6 Å². The van der Waals surface area contributed by atoms with Crippen molar-refractivity contribution in [3.05, 3.63) is 54.1 Å². The molecule has 0 fully saturated rings. The van der Waals surface area contributed by atoms with Gasteiger partial charge in [0.2, 0.25) is 0 Å². The number of likely N-dealkylation sites (N-methyl/N-ethyl adjacent to an activating group) is 1. The molecule has 142 valence electrons. The number of anilines is 1. The molecule has 5 nitrogen and oxygen atoms in total. The first kappa shape index (κ1) is 19.0. The standard InChI is InChI=1S/C19H19F3N4O/c1-18(27)6-5-15(26-8-7-24-12-26)10-17(18)25(2)14-4-3-13(11-23)16(9-14)19(20,21)22/h3-4,7-10,12,17,27H,5-6H2,1-2H3. The number of aromatic nitrogens is 2. The largest absolute Gasteiger partial charge is 0.417 e. The molecule has 3 rings (SSSR count). The lowest BCUT2D eigenvalue weighted by molar-refractivity contribution is -0.137. The maximum atomic E-state index is 13.3. The SMILES string of the molecule is CN(c1ccc(C#N)c(C(F)(F)F)c1)C1C=C(n2ccnc2)CCC1(C)O. The fourth-order valence-electron chi connectivity index (χ4n) is 3.39. The Balaban J connectivity index is 2.02. The molecule has 0 saturated carbocycles. The van der Waals surface area contributed by atoms with E-state index in [4.69, 9.17) is 5.26 Å². The van der Waals surface area contributed by atoms with Gasteiger partial charge in [-0.25, -0.2) is 4.98 Å². The van der Waals surface area contributed by atoms with Crippen LogP contribution in [0.5, 0.6) is 0 Å². The van der Waals surface area contributed by atoms with E-state index in [1.54, 1.807) is 43.7 Å². The summed E-state index contributed by atoms with van der Waals surface area (Å²) in [5.74, 6) is 0. The molecule has 2 unspecified atom stereocenters. The lowest BCUT2D eigenvalue weighted by Crippen LogP contribution is -2.50. The highest BCUT2D eigenvalue weighted by Crippen LogP contribution is 2.38. The number of nitrogens with zero attached hydrogens (tertiary/aromatic N) is 4. The van der Waals surface area contributed by atoms with Gasteiger partial charge in [0, 0.05) is 30.8 Å². The van der Waals surface area contributed by atoms with E-state index >= 15 is 0 Å². The minimum Gasteiger partial charge on any atom is -0.388 e. The number of hydrogen-bond acceptors (Lipinski definition) is 4. The lowest BCUT2D eigenvalue weighted by atomic mass is 9.83. The van der Waals surface area contributed by atoms with Gasteiger partial charge in [-0.05, 0) is 44.0 Å². The first-order chi connectivity index (χ1) is 12.6. The average Bonchev–Trinajstić information content (AvgIpc) is 3.14. The Bertz CT molecular complexity index is 895. The second-order valence-electron chi connectivity index (χ2n) is 6.88. The number of imidazole rings is 1. The maximum absolute atomic E-state index is 13.3. The Labute approximate surface area is 155 Å². The van der Waals surface area contributed by atoms with Crippen molar-refractivity contribution in [2.75, 3.05) is 11.9 Å². The van der Waals surface area contributed by atoms with Crippen LogP contribution in [0.3, 0.4) is 0 Å². The summed E-state index contributed by atoms with van der Waals surface area (Å²) in [6.45, 7) is 1.67. The van der Waals surface area contributed by atoms with Crippen LogP contribution in [0.1, 0.15) is 30.9 Å². The maximum Gasteiger partial charge on any atom is 0.417 e. The zero-order valence-electron chi connectivity index (χ0n) is 14.9. The molecule has 0 amide bonds. The summed E-state index contributed by atoms with van der Waals surface area (Å²) in [5.41, 5.74) is -1.34. The highest BCUT2D eigenvalue weighted by Gasteiger charge is 2.39. The number of aliphatic hydroxyl groups is 1. The van der Waals surface area contributed by atoms with Gasteiger partial charge in [0.05, 0.1) is 35.2 Å². The molecule has 1 aromatic carbocycles. The molecule has 0 radical (unpaired) electrons. The minimum absolute atomic E-state index is 0.273. The van der Waals surface area contributed by atoms with Gasteiger partial charge in [-0.1, -0.05) is 0 Å². The van der Waals surface area contributed by atoms with Crippen molar-refractivity contribution in [2.45, 2.75) is 37.6 Å². The van der Waals surface area contributed by atoms with Crippen molar-refractivity contribution in [1.82, 2.24) is 9.55 Å². The number of rotatable bonds is 3. The second kappa shape index (κ2) is 6.74. The highest BCUT2D eigenvalue weighted by atomic mass is 19.4. The second-order valence-corrected chi connectivity index (χ2v) is 6.88. The van der Waals surface area contributed by atoms with Gasteiger partial charge >= 0.3 is 6.18 Å². The van der Waals surface area contributed by atoms with Crippen LogP contribution in [0.2, 0.25) is 0 Å². The predicted octanol–water partition coefficient (Wildman–Crippen LogP) is 3.66. The molecule has 1 aliphatic rings. The molecule has 0 bridgehead atoms. The van der Waals surface area contributed by atoms with Crippen molar-refractivity contribution in [3.63, 3.8) is 0 Å². The number of hydrogen-bond donors (Lipinski definition) is 1. The van der Waals surface area contributed by atoms with Gasteiger partial charge < -0.3 is 14.6 Å². The third-order valence-corrected chi connectivity index (χ3v) is 4.96. The van der Waals surface area contributed by atoms with E-state index in [0.717, 1.165) is 17.8 Å². The molecule has 1 N–H and O–H groups in total. The Hall–Kier alpha value is -2.79. The van der Waals surface area contributed by atoms with Gasteiger partial charge in [-0.15, -0.1) is 0 Å². The Kier molecular flexibility index (Phi) is 4.74. The first-order valence-corrected chi connectivity index (χ1v) is 8.39. The van der Waals surface area contributed by atoms with Crippen LogP contribution < -0.4 is 4.90 Å². The van der Waals surface area contributed by atoms with Gasteiger partial charge in [-0.3, -0.25) is 0 Å². The molecule has 2 aromatic rings. The van der Waals surface area contributed by atoms with Crippen molar-refractivity contribution in [1.29, 1.82) is 5.26 Å². The van der Waals surface area contributed by atoms with E-state index < -0.39 is 28.9 Å². The van der Waals surface area contributed by atoms with E-state index in [0.29, 0.717) is 12.8 Å². The minimum atomic E-state index is -4.63. The summed E-state index contributed by atoms with van der Waals surface area (Å²) in [7, 11) is 1.63. The molecule has 8 heteroatoms. The van der Waals surface area contributed by atoms with Crippen LogP contribution >= 0.6 is 0 Å². The van der Waals surface area contributed by atoms with E-state index in [-0.39, 0.29) is 5.69 Å². The number of benzene rings is 1. The number of nitriles is 1. The van der Waals surface area contributed by atoms with Crippen molar-refractivity contribution in [3.8, 4) is 6.07 Å². The molecule has 2 atom stereocenters. The van der Waals surface area contributed by atoms with E-state index in [2.05, 4.69) is 4.98 Å². The van der Waals surface area contributed by atoms with Crippen LogP contribution in [-0.2, 0) is 6.18 Å². The summed E-state index contributed by atoms with van der Waals surface area (Å²) < 4.78 is 41.7. The summed E-state index contributed by atoms with van der Waals surface area (Å²) >= 11 is 0. The molecule has 0 saturated heterocycles. The highest BCUT2D eigenvalue weighted by molar-refractivity contribution is 5.59.